The molecule has 21 heavy (non-hydrogen) atoms. The summed E-state index contributed by atoms with van der Waals surface area (Å²) in [5.74, 6) is 0.210. The van der Waals surface area contributed by atoms with Gasteiger partial charge in [-0.2, -0.15) is 0 Å². The topological polar surface area (TPSA) is 46.2 Å². The molecule has 1 aliphatic rings. The second-order valence-electron chi connectivity index (χ2n) is 5.21. The van der Waals surface area contributed by atoms with Crippen LogP contribution in [0.25, 0.3) is 0 Å². The fraction of sp³-hybridized carbons (Fsp3) is 0.250. The predicted octanol–water partition coefficient (Wildman–Crippen LogP) is 3.46. The molecule has 1 N–H and O–H groups in total. The normalized spacial score (nSPS) is 20.0. The van der Waals surface area contributed by atoms with Crippen LogP contribution in [0, 0.1) is 0 Å². The smallest absolute Gasteiger partial charge is 0.178 e. The van der Waals surface area contributed by atoms with Crippen molar-refractivity contribution in [3.05, 3.63) is 64.1 Å². The maximum atomic E-state index is 12.1. The van der Waals surface area contributed by atoms with Crippen LogP contribution in [0.15, 0.2) is 57.9 Å². The van der Waals surface area contributed by atoms with Crippen LogP contribution in [-0.2, 0) is 16.4 Å². The monoisotopic (exact) mass is 365 g/mol. The first-order valence-corrected chi connectivity index (χ1v) is 9.30. The third-order valence-electron chi connectivity index (χ3n) is 3.77. The van der Waals surface area contributed by atoms with Gasteiger partial charge in [0.05, 0.1) is 10.6 Å². The zero-order valence-electron chi connectivity index (χ0n) is 11.4. The van der Waals surface area contributed by atoms with Gasteiger partial charge in [0.1, 0.15) is 0 Å². The molecule has 0 saturated carbocycles. The van der Waals surface area contributed by atoms with Crippen molar-refractivity contribution in [1.29, 1.82) is 0 Å². The van der Waals surface area contributed by atoms with Crippen LogP contribution in [-0.4, -0.2) is 14.2 Å². The molecule has 0 saturated heterocycles. The van der Waals surface area contributed by atoms with Crippen molar-refractivity contribution >= 4 is 25.8 Å². The molecule has 0 bridgehead atoms. The highest BCUT2D eigenvalue weighted by Crippen LogP contribution is 2.32. The van der Waals surface area contributed by atoms with Crippen molar-refractivity contribution in [1.82, 2.24) is 5.32 Å². The fourth-order valence-corrected chi connectivity index (χ4v) is 4.53. The van der Waals surface area contributed by atoms with E-state index in [1.165, 1.54) is 5.56 Å². The van der Waals surface area contributed by atoms with Crippen LogP contribution in [0.4, 0.5) is 0 Å². The molecule has 3 nitrogen and oxygen atoms in total. The fourth-order valence-electron chi connectivity index (χ4n) is 2.65. The lowest BCUT2D eigenvalue weighted by Crippen LogP contribution is -2.29. The van der Waals surface area contributed by atoms with Crippen LogP contribution in [0.3, 0.4) is 0 Å². The highest BCUT2D eigenvalue weighted by atomic mass is 79.9. The summed E-state index contributed by atoms with van der Waals surface area (Å²) in [4.78, 5) is 0.476. The van der Waals surface area contributed by atoms with Crippen molar-refractivity contribution in [2.24, 2.45) is 0 Å². The van der Waals surface area contributed by atoms with E-state index >= 15 is 0 Å². The van der Waals surface area contributed by atoms with E-state index in [-0.39, 0.29) is 11.8 Å². The minimum Gasteiger partial charge on any atom is -0.306 e. The molecule has 0 amide bonds. The molecule has 0 spiro atoms. The summed E-state index contributed by atoms with van der Waals surface area (Å²) >= 11 is 3.42. The third-order valence-corrected chi connectivity index (χ3v) is 6.11. The molecule has 0 aliphatic carbocycles. The van der Waals surface area contributed by atoms with E-state index in [0.29, 0.717) is 11.3 Å². The van der Waals surface area contributed by atoms with Gasteiger partial charge in [-0.05, 0) is 35.7 Å². The molecule has 0 fully saturated rings. The van der Waals surface area contributed by atoms with Crippen LogP contribution < -0.4 is 5.32 Å². The average Bonchev–Trinajstić information content (AvgIpc) is 2.48. The molecule has 1 atom stereocenters. The van der Waals surface area contributed by atoms with Crippen LogP contribution >= 0.6 is 15.9 Å². The van der Waals surface area contributed by atoms with Gasteiger partial charge in [0.15, 0.2) is 9.84 Å². The lowest BCUT2D eigenvalue weighted by molar-refractivity contribution is 0.491. The Hall–Kier alpha value is -1.17. The molecule has 1 unspecified atom stereocenters. The zero-order valence-corrected chi connectivity index (χ0v) is 13.8. The van der Waals surface area contributed by atoms with Crippen molar-refractivity contribution < 1.29 is 8.42 Å². The van der Waals surface area contributed by atoms with Gasteiger partial charge in [0.2, 0.25) is 0 Å². The summed E-state index contributed by atoms with van der Waals surface area (Å²) in [5, 5.41) is 3.47. The number of halogens is 1. The van der Waals surface area contributed by atoms with E-state index in [2.05, 4.69) is 33.4 Å². The third kappa shape index (κ3) is 3.20. The summed E-state index contributed by atoms with van der Waals surface area (Å²) < 4.78 is 25.3. The number of nitrogens with one attached hydrogen (secondary N) is 1. The second-order valence-corrected chi connectivity index (χ2v) is 8.20. The summed E-state index contributed by atoms with van der Waals surface area (Å²) in [5.41, 5.74) is 2.07. The van der Waals surface area contributed by atoms with Gasteiger partial charge in [-0.3, -0.25) is 0 Å². The standard InChI is InChI=1S/C16H16BrNO2S/c17-13-7-5-12(6-8-13)11-18-15-9-10-21(19,20)16-4-2-1-3-14(15)16/h1-8,15,18H,9-11H2. The summed E-state index contributed by atoms with van der Waals surface area (Å²) in [6.45, 7) is 0.729. The van der Waals surface area contributed by atoms with Gasteiger partial charge < -0.3 is 5.32 Å². The van der Waals surface area contributed by atoms with Crippen molar-refractivity contribution in [3.8, 4) is 0 Å². The lowest BCUT2D eigenvalue weighted by atomic mass is 10.0. The minimum absolute atomic E-state index is 0.0911. The number of rotatable bonds is 3. The molecule has 3 rings (SSSR count). The Labute approximate surface area is 133 Å². The number of benzene rings is 2. The largest absolute Gasteiger partial charge is 0.306 e. The number of hydrogen-bond donors (Lipinski definition) is 1. The Morgan fingerprint density at radius 1 is 1.10 bits per heavy atom. The van der Waals surface area contributed by atoms with Gasteiger partial charge in [-0.15, -0.1) is 0 Å². The molecule has 1 aliphatic heterocycles. The number of fused-ring (bicyclic) bond motifs is 1. The first-order valence-electron chi connectivity index (χ1n) is 6.86. The molecule has 0 radical (unpaired) electrons. The first-order chi connectivity index (χ1) is 10.1. The van der Waals surface area contributed by atoms with Crippen LogP contribution in [0.1, 0.15) is 23.6 Å². The van der Waals surface area contributed by atoms with E-state index in [1.807, 2.05) is 24.3 Å². The number of sulfone groups is 1. The maximum Gasteiger partial charge on any atom is 0.178 e. The second kappa shape index (κ2) is 5.91. The van der Waals surface area contributed by atoms with Crippen molar-refractivity contribution in [2.75, 3.05) is 5.75 Å². The lowest BCUT2D eigenvalue weighted by Gasteiger charge is -2.26. The Bertz CT molecular complexity index is 741. The molecular weight excluding hydrogens is 350 g/mol. The summed E-state index contributed by atoms with van der Waals surface area (Å²) in [7, 11) is -3.11. The highest BCUT2D eigenvalue weighted by Gasteiger charge is 2.29. The molecule has 1 heterocycles. The van der Waals surface area contributed by atoms with E-state index in [1.54, 1.807) is 12.1 Å². The molecule has 2 aromatic carbocycles. The van der Waals surface area contributed by atoms with Crippen LogP contribution in [0.2, 0.25) is 0 Å². The van der Waals surface area contributed by atoms with E-state index in [9.17, 15) is 8.42 Å². The van der Waals surface area contributed by atoms with Gasteiger partial charge >= 0.3 is 0 Å². The molecule has 0 aromatic heterocycles. The van der Waals surface area contributed by atoms with Crippen molar-refractivity contribution in [3.63, 3.8) is 0 Å². The molecular formula is C16H16BrNO2S. The zero-order chi connectivity index (χ0) is 14.9. The SMILES string of the molecule is O=S1(=O)CCC(NCc2ccc(Br)cc2)c2ccccc21. The Morgan fingerprint density at radius 3 is 2.57 bits per heavy atom. The Morgan fingerprint density at radius 2 is 1.81 bits per heavy atom. The van der Waals surface area contributed by atoms with E-state index in [4.69, 9.17) is 0 Å². The maximum absolute atomic E-state index is 12.1. The molecule has 110 valence electrons. The van der Waals surface area contributed by atoms with Gasteiger partial charge in [-0.1, -0.05) is 46.3 Å². The first kappa shape index (κ1) is 14.8. The summed E-state index contributed by atoms with van der Waals surface area (Å²) in [6, 6.07) is 15.5. The Balaban J connectivity index is 1.79. The van der Waals surface area contributed by atoms with E-state index in [0.717, 1.165) is 16.6 Å². The Kier molecular flexibility index (Phi) is 4.15. The van der Waals surface area contributed by atoms with Crippen LogP contribution in [0.5, 0.6) is 0 Å². The average molecular weight is 366 g/mol. The molecule has 2 aromatic rings. The highest BCUT2D eigenvalue weighted by molar-refractivity contribution is 9.10. The van der Waals surface area contributed by atoms with Crippen molar-refractivity contribution in [2.45, 2.75) is 23.9 Å². The van der Waals surface area contributed by atoms with Gasteiger partial charge in [0.25, 0.3) is 0 Å². The predicted molar refractivity (Wildman–Crippen MR) is 86.8 cm³/mol. The quantitative estimate of drug-likeness (QED) is 0.905. The van der Waals surface area contributed by atoms with E-state index < -0.39 is 9.84 Å². The van der Waals surface area contributed by atoms with Gasteiger partial charge in [-0.25, -0.2) is 8.42 Å². The number of hydrogen-bond acceptors (Lipinski definition) is 3. The minimum atomic E-state index is -3.11. The summed E-state index contributed by atoms with van der Waals surface area (Å²) in [6.07, 6.45) is 0.621. The van der Waals surface area contributed by atoms with Gasteiger partial charge in [0, 0.05) is 17.1 Å². The molecule has 5 heteroatoms.